The van der Waals surface area contributed by atoms with Crippen molar-refractivity contribution >= 4 is 22.5 Å². The lowest BCUT2D eigenvalue weighted by Gasteiger charge is -2.35. The molecule has 0 unspecified atom stereocenters. The largest absolute Gasteiger partial charge is 0.448 e. The average molecular weight is 393 g/mol. The van der Waals surface area contributed by atoms with Gasteiger partial charge in [0.05, 0.1) is 17.2 Å². The molecule has 8 heteroatoms. The Balaban J connectivity index is 1.30. The molecule has 1 amide bonds. The van der Waals surface area contributed by atoms with E-state index < -0.39 is 0 Å². The van der Waals surface area contributed by atoms with Crippen molar-refractivity contribution in [2.24, 2.45) is 5.92 Å². The molecule has 29 heavy (non-hydrogen) atoms. The number of hydrogen-bond donors (Lipinski definition) is 0. The van der Waals surface area contributed by atoms with Gasteiger partial charge in [-0.1, -0.05) is 0 Å². The molecule has 2 aromatic heterocycles. The summed E-state index contributed by atoms with van der Waals surface area (Å²) in [6.07, 6.45) is 5.49. The number of aryl methyl sites for hydroxylation is 1. The van der Waals surface area contributed by atoms with Crippen molar-refractivity contribution in [1.29, 1.82) is 0 Å². The lowest BCUT2D eigenvalue weighted by atomic mass is 10.2. The molecule has 5 rings (SSSR count). The van der Waals surface area contributed by atoms with Crippen LogP contribution in [0.4, 0.5) is 5.69 Å². The number of benzene rings is 1. The molecule has 0 spiro atoms. The number of anilines is 1. The van der Waals surface area contributed by atoms with Crippen LogP contribution in [0.1, 0.15) is 29.2 Å². The molecular weight excluding hydrogens is 370 g/mol. The van der Waals surface area contributed by atoms with E-state index in [1.165, 1.54) is 19.1 Å². The van der Waals surface area contributed by atoms with Crippen LogP contribution in [0.15, 0.2) is 40.0 Å². The van der Waals surface area contributed by atoms with Gasteiger partial charge in [-0.05, 0) is 37.0 Å². The summed E-state index contributed by atoms with van der Waals surface area (Å²) in [7, 11) is 0. The van der Waals surface area contributed by atoms with E-state index in [0.29, 0.717) is 49.1 Å². The maximum absolute atomic E-state index is 12.7. The van der Waals surface area contributed by atoms with E-state index in [1.54, 1.807) is 22.7 Å². The summed E-state index contributed by atoms with van der Waals surface area (Å²) >= 11 is 0. The zero-order valence-corrected chi connectivity index (χ0v) is 16.4. The molecule has 3 heterocycles. The molecule has 2 fully saturated rings. The van der Waals surface area contributed by atoms with Crippen molar-refractivity contribution in [3.05, 3.63) is 52.7 Å². The van der Waals surface area contributed by atoms with Gasteiger partial charge in [0, 0.05) is 45.3 Å². The number of piperazine rings is 1. The minimum Gasteiger partial charge on any atom is -0.448 e. The predicted molar refractivity (Wildman–Crippen MR) is 108 cm³/mol. The van der Waals surface area contributed by atoms with Gasteiger partial charge in [0.1, 0.15) is 6.26 Å². The van der Waals surface area contributed by atoms with Crippen molar-refractivity contribution < 1.29 is 9.21 Å². The van der Waals surface area contributed by atoms with Crippen LogP contribution in [0.25, 0.3) is 10.9 Å². The highest BCUT2D eigenvalue weighted by molar-refractivity contribution is 5.92. The first-order chi connectivity index (χ1) is 14.1. The third kappa shape index (κ3) is 3.50. The molecular formula is C21H23N5O3. The third-order valence-electron chi connectivity index (χ3n) is 5.73. The topological polar surface area (TPSA) is 84.5 Å². The van der Waals surface area contributed by atoms with Crippen LogP contribution in [0.2, 0.25) is 0 Å². The number of rotatable bonds is 4. The molecule has 0 N–H and O–H groups in total. The Hall–Kier alpha value is -3.16. The van der Waals surface area contributed by atoms with Gasteiger partial charge in [0.15, 0.2) is 11.6 Å². The first kappa shape index (κ1) is 17.9. The van der Waals surface area contributed by atoms with Crippen LogP contribution in [0, 0.1) is 12.8 Å². The second kappa shape index (κ2) is 7.02. The monoisotopic (exact) mass is 393 g/mol. The molecule has 1 aliphatic heterocycles. The number of carbonyl (C=O) groups is 1. The number of hydrogen-bond acceptors (Lipinski definition) is 6. The molecule has 0 radical (unpaired) electrons. The Bertz CT molecular complexity index is 1120. The maximum atomic E-state index is 12.7. The van der Waals surface area contributed by atoms with E-state index in [1.807, 2.05) is 18.2 Å². The summed E-state index contributed by atoms with van der Waals surface area (Å²) < 4.78 is 6.88. The maximum Gasteiger partial charge on any atom is 0.275 e. The van der Waals surface area contributed by atoms with Crippen molar-refractivity contribution in [2.45, 2.75) is 26.3 Å². The predicted octanol–water partition coefficient (Wildman–Crippen LogP) is 2.07. The van der Waals surface area contributed by atoms with Crippen molar-refractivity contribution in [3.8, 4) is 0 Å². The number of amides is 1. The molecule has 1 aromatic carbocycles. The summed E-state index contributed by atoms with van der Waals surface area (Å²) in [5.74, 6) is 1.02. The quantitative estimate of drug-likeness (QED) is 0.675. The van der Waals surface area contributed by atoms with Crippen LogP contribution in [-0.2, 0) is 6.54 Å². The fourth-order valence-electron chi connectivity index (χ4n) is 3.84. The molecule has 0 atom stereocenters. The summed E-state index contributed by atoms with van der Waals surface area (Å²) in [5.41, 5.74) is 2.13. The summed E-state index contributed by atoms with van der Waals surface area (Å²) in [6.45, 7) is 5.14. The highest BCUT2D eigenvalue weighted by Gasteiger charge is 2.25. The van der Waals surface area contributed by atoms with Gasteiger partial charge in [-0.25, -0.2) is 9.97 Å². The van der Waals surface area contributed by atoms with Gasteiger partial charge in [0.2, 0.25) is 0 Å². The normalized spacial score (nSPS) is 17.1. The summed E-state index contributed by atoms with van der Waals surface area (Å²) in [6, 6.07) is 5.82. The molecule has 150 valence electrons. The Morgan fingerprint density at radius 1 is 1.21 bits per heavy atom. The summed E-state index contributed by atoms with van der Waals surface area (Å²) in [5, 5.41) is 0.659. The molecule has 2 aliphatic rings. The van der Waals surface area contributed by atoms with Crippen LogP contribution < -0.4 is 10.5 Å². The lowest BCUT2D eigenvalue weighted by Crippen LogP contribution is -2.48. The smallest absolute Gasteiger partial charge is 0.275 e. The van der Waals surface area contributed by atoms with E-state index in [0.717, 1.165) is 17.7 Å². The van der Waals surface area contributed by atoms with E-state index in [9.17, 15) is 9.59 Å². The Kier molecular flexibility index (Phi) is 4.34. The molecule has 1 saturated carbocycles. The molecule has 8 nitrogen and oxygen atoms in total. The van der Waals surface area contributed by atoms with Crippen molar-refractivity contribution in [1.82, 2.24) is 19.4 Å². The van der Waals surface area contributed by atoms with Gasteiger partial charge in [-0.15, -0.1) is 0 Å². The lowest BCUT2D eigenvalue weighted by molar-refractivity contribution is 0.0741. The minimum absolute atomic E-state index is 0.0340. The Labute approximate surface area is 167 Å². The average Bonchev–Trinajstić information content (AvgIpc) is 3.46. The zero-order valence-electron chi connectivity index (χ0n) is 16.4. The highest BCUT2D eigenvalue weighted by Crippen LogP contribution is 2.30. The molecule has 3 aromatic rings. The van der Waals surface area contributed by atoms with Crippen LogP contribution >= 0.6 is 0 Å². The van der Waals surface area contributed by atoms with Crippen LogP contribution in [-0.4, -0.2) is 51.5 Å². The first-order valence-electron chi connectivity index (χ1n) is 10.0. The minimum atomic E-state index is -0.0992. The van der Waals surface area contributed by atoms with Crippen LogP contribution in [0.3, 0.4) is 0 Å². The van der Waals surface area contributed by atoms with E-state index >= 15 is 0 Å². The fourth-order valence-corrected chi connectivity index (χ4v) is 3.84. The van der Waals surface area contributed by atoms with Gasteiger partial charge in [-0.3, -0.25) is 14.2 Å². The van der Waals surface area contributed by atoms with Gasteiger partial charge in [0.25, 0.3) is 11.5 Å². The Morgan fingerprint density at radius 3 is 2.69 bits per heavy atom. The second-order valence-corrected chi connectivity index (χ2v) is 7.88. The van der Waals surface area contributed by atoms with Gasteiger partial charge < -0.3 is 14.2 Å². The first-order valence-corrected chi connectivity index (χ1v) is 10.0. The standard InChI is InChI=1S/C21H23N5O3/c1-14-23-19(12-29-14)21(28)25-8-6-24(7-9-25)16-4-5-17-18(10-16)22-13-26(20(17)27)11-15-2-3-15/h4-5,10,12-13,15H,2-3,6-9,11H2,1H3. The highest BCUT2D eigenvalue weighted by atomic mass is 16.3. The van der Waals surface area contributed by atoms with E-state index in [-0.39, 0.29) is 11.5 Å². The number of carbonyl (C=O) groups excluding carboxylic acids is 1. The fraction of sp³-hybridized carbons (Fsp3) is 0.429. The Morgan fingerprint density at radius 2 is 2.00 bits per heavy atom. The molecule has 1 aliphatic carbocycles. The third-order valence-corrected chi connectivity index (χ3v) is 5.73. The van der Waals surface area contributed by atoms with Crippen LogP contribution in [0.5, 0.6) is 0 Å². The molecule has 1 saturated heterocycles. The number of aromatic nitrogens is 3. The SMILES string of the molecule is Cc1nc(C(=O)N2CCN(c3ccc4c(=O)n(CC5CC5)cnc4c3)CC2)co1. The van der Waals surface area contributed by atoms with Gasteiger partial charge in [-0.2, -0.15) is 0 Å². The van der Waals surface area contributed by atoms with Gasteiger partial charge >= 0.3 is 0 Å². The van der Waals surface area contributed by atoms with E-state index in [4.69, 9.17) is 4.42 Å². The van der Waals surface area contributed by atoms with Crippen molar-refractivity contribution in [3.63, 3.8) is 0 Å². The van der Waals surface area contributed by atoms with E-state index in [2.05, 4.69) is 14.9 Å². The zero-order chi connectivity index (χ0) is 20.0. The summed E-state index contributed by atoms with van der Waals surface area (Å²) in [4.78, 5) is 37.9. The van der Waals surface area contributed by atoms with Crippen molar-refractivity contribution in [2.75, 3.05) is 31.1 Å². The number of fused-ring (bicyclic) bond motifs is 1. The number of oxazole rings is 1. The number of nitrogens with zero attached hydrogens (tertiary/aromatic N) is 5. The molecule has 0 bridgehead atoms. The second-order valence-electron chi connectivity index (χ2n) is 7.88.